The summed E-state index contributed by atoms with van der Waals surface area (Å²) in [6.45, 7) is 6.72. The number of rotatable bonds is 7. The molecule has 0 saturated carbocycles. The van der Waals surface area contributed by atoms with Crippen molar-refractivity contribution in [1.82, 2.24) is 10.6 Å². The van der Waals surface area contributed by atoms with Crippen LogP contribution in [0, 0.1) is 12.7 Å². The van der Waals surface area contributed by atoms with Crippen LogP contribution in [-0.4, -0.2) is 39.0 Å². The number of sulfone groups is 1. The molecule has 0 radical (unpaired) electrons. The van der Waals surface area contributed by atoms with E-state index in [-0.39, 0.29) is 17.6 Å². The van der Waals surface area contributed by atoms with Gasteiger partial charge in [-0.25, -0.2) is 17.8 Å². The molecular formula is C16H26FN3O2S. The van der Waals surface area contributed by atoms with Crippen molar-refractivity contribution in [2.75, 3.05) is 18.6 Å². The summed E-state index contributed by atoms with van der Waals surface area (Å²) < 4.78 is 35.7. The van der Waals surface area contributed by atoms with Gasteiger partial charge in [-0.05, 0) is 44.4 Å². The number of aliphatic imine (C=N–C) groups is 1. The van der Waals surface area contributed by atoms with Crippen LogP contribution in [0.1, 0.15) is 31.4 Å². The summed E-state index contributed by atoms with van der Waals surface area (Å²) in [5.74, 6) is 0.533. The summed E-state index contributed by atoms with van der Waals surface area (Å²) in [5.41, 5.74) is 1.52. The van der Waals surface area contributed by atoms with Crippen molar-refractivity contribution >= 4 is 15.8 Å². The molecule has 2 N–H and O–H groups in total. The molecule has 23 heavy (non-hydrogen) atoms. The van der Waals surface area contributed by atoms with E-state index in [2.05, 4.69) is 15.6 Å². The van der Waals surface area contributed by atoms with Gasteiger partial charge in [0.25, 0.3) is 0 Å². The van der Waals surface area contributed by atoms with E-state index in [4.69, 9.17) is 0 Å². The fraction of sp³-hybridized carbons (Fsp3) is 0.562. The monoisotopic (exact) mass is 343 g/mol. The molecule has 0 heterocycles. The Morgan fingerprint density at radius 2 is 2.09 bits per heavy atom. The molecule has 0 bridgehead atoms. The van der Waals surface area contributed by atoms with Crippen molar-refractivity contribution in [3.63, 3.8) is 0 Å². The predicted molar refractivity (Wildman–Crippen MR) is 92.9 cm³/mol. The molecular weight excluding hydrogens is 317 g/mol. The van der Waals surface area contributed by atoms with Gasteiger partial charge in [-0.1, -0.05) is 12.1 Å². The van der Waals surface area contributed by atoms with Crippen LogP contribution < -0.4 is 10.6 Å². The molecule has 0 aliphatic rings. The zero-order chi connectivity index (χ0) is 17.5. The third-order valence-electron chi connectivity index (χ3n) is 3.29. The number of aryl methyl sites for hydroxylation is 1. The lowest BCUT2D eigenvalue weighted by molar-refractivity contribution is 0.581. The highest BCUT2D eigenvalue weighted by atomic mass is 32.2. The third-order valence-corrected chi connectivity index (χ3v) is 4.27. The van der Waals surface area contributed by atoms with E-state index in [0.717, 1.165) is 5.56 Å². The highest BCUT2D eigenvalue weighted by Crippen LogP contribution is 2.10. The highest BCUT2D eigenvalue weighted by molar-refractivity contribution is 7.90. The van der Waals surface area contributed by atoms with Gasteiger partial charge in [-0.3, -0.25) is 0 Å². The number of benzene rings is 1. The fourth-order valence-electron chi connectivity index (χ4n) is 1.99. The first-order valence-corrected chi connectivity index (χ1v) is 9.75. The second-order valence-corrected chi connectivity index (χ2v) is 8.00. The molecule has 1 unspecified atom stereocenters. The maximum Gasteiger partial charge on any atom is 0.191 e. The zero-order valence-electron chi connectivity index (χ0n) is 14.2. The van der Waals surface area contributed by atoms with Gasteiger partial charge >= 0.3 is 0 Å². The van der Waals surface area contributed by atoms with Gasteiger partial charge in [-0.15, -0.1) is 0 Å². The average Bonchev–Trinajstić information content (AvgIpc) is 2.45. The Hall–Kier alpha value is -1.63. The van der Waals surface area contributed by atoms with Crippen LogP contribution >= 0.6 is 0 Å². The van der Waals surface area contributed by atoms with Gasteiger partial charge in [-0.2, -0.15) is 0 Å². The van der Waals surface area contributed by atoms with Gasteiger partial charge in [0.05, 0.1) is 12.3 Å². The van der Waals surface area contributed by atoms with E-state index < -0.39 is 9.84 Å². The van der Waals surface area contributed by atoms with Crippen molar-refractivity contribution in [3.8, 4) is 0 Å². The van der Waals surface area contributed by atoms with Crippen LogP contribution in [-0.2, 0) is 16.4 Å². The van der Waals surface area contributed by atoms with Gasteiger partial charge in [0, 0.05) is 18.8 Å². The number of hydrogen-bond donors (Lipinski definition) is 2. The van der Waals surface area contributed by atoms with Crippen LogP contribution in [0.25, 0.3) is 0 Å². The minimum atomic E-state index is -2.97. The second kappa shape index (κ2) is 8.86. The smallest absolute Gasteiger partial charge is 0.191 e. The van der Waals surface area contributed by atoms with Crippen LogP contribution in [0.4, 0.5) is 4.39 Å². The average molecular weight is 343 g/mol. The summed E-state index contributed by atoms with van der Waals surface area (Å²) in [5, 5.41) is 6.31. The quantitative estimate of drug-likeness (QED) is 0.587. The first-order valence-electron chi connectivity index (χ1n) is 7.69. The topological polar surface area (TPSA) is 70.6 Å². The Balaban J connectivity index is 2.67. The van der Waals surface area contributed by atoms with E-state index in [9.17, 15) is 12.8 Å². The first-order chi connectivity index (χ1) is 10.7. The van der Waals surface area contributed by atoms with E-state index in [1.54, 1.807) is 19.1 Å². The molecule has 0 spiro atoms. The number of nitrogens with zero attached hydrogens (tertiary/aromatic N) is 1. The largest absolute Gasteiger partial charge is 0.357 e. The van der Waals surface area contributed by atoms with E-state index in [0.29, 0.717) is 31.0 Å². The van der Waals surface area contributed by atoms with Crippen molar-refractivity contribution < 1.29 is 12.8 Å². The Morgan fingerprint density at radius 1 is 1.39 bits per heavy atom. The molecule has 7 heteroatoms. The van der Waals surface area contributed by atoms with Crippen molar-refractivity contribution in [3.05, 3.63) is 35.1 Å². The van der Waals surface area contributed by atoms with Crippen LogP contribution in [0.3, 0.4) is 0 Å². The lowest BCUT2D eigenvalue weighted by Crippen LogP contribution is -2.42. The Bertz CT molecular complexity index is 645. The predicted octanol–water partition coefficient (Wildman–Crippen LogP) is 2.01. The maximum atomic E-state index is 13.3. The number of guanidine groups is 1. The molecule has 0 aliphatic heterocycles. The highest BCUT2D eigenvalue weighted by Gasteiger charge is 2.09. The summed E-state index contributed by atoms with van der Waals surface area (Å²) in [4.78, 5) is 4.46. The van der Waals surface area contributed by atoms with Crippen molar-refractivity contribution in [2.45, 2.75) is 39.8 Å². The molecule has 0 aliphatic carbocycles. The molecule has 0 amide bonds. The molecule has 0 fully saturated rings. The second-order valence-electron chi connectivity index (χ2n) is 5.74. The van der Waals surface area contributed by atoms with Gasteiger partial charge < -0.3 is 10.6 Å². The summed E-state index contributed by atoms with van der Waals surface area (Å²) >= 11 is 0. The van der Waals surface area contributed by atoms with Crippen LogP contribution in [0.5, 0.6) is 0 Å². The van der Waals surface area contributed by atoms with Crippen LogP contribution in [0.15, 0.2) is 23.2 Å². The number of nitrogens with one attached hydrogen (secondary N) is 2. The minimum absolute atomic E-state index is 0.0162. The maximum absolute atomic E-state index is 13.3. The summed E-state index contributed by atoms with van der Waals surface area (Å²) in [6.07, 6.45) is 1.74. The van der Waals surface area contributed by atoms with E-state index in [1.807, 2.05) is 13.8 Å². The van der Waals surface area contributed by atoms with Gasteiger partial charge in [0.1, 0.15) is 15.7 Å². The zero-order valence-corrected chi connectivity index (χ0v) is 15.0. The number of halogens is 1. The molecule has 5 nitrogen and oxygen atoms in total. The van der Waals surface area contributed by atoms with E-state index >= 15 is 0 Å². The Labute approximate surface area is 138 Å². The first kappa shape index (κ1) is 19.4. The molecule has 1 rings (SSSR count). The Kier molecular flexibility index (Phi) is 7.48. The SMILES string of the molecule is CCNC(=NCc1ccc(F)c(C)c1)NC(C)CCS(C)(=O)=O. The summed E-state index contributed by atoms with van der Waals surface area (Å²) in [6, 6.07) is 4.91. The molecule has 1 aromatic rings. The Morgan fingerprint density at radius 3 is 2.65 bits per heavy atom. The minimum Gasteiger partial charge on any atom is -0.357 e. The van der Waals surface area contributed by atoms with Gasteiger partial charge in [0.15, 0.2) is 5.96 Å². The van der Waals surface area contributed by atoms with E-state index in [1.165, 1.54) is 12.3 Å². The fourth-order valence-corrected chi connectivity index (χ4v) is 2.77. The van der Waals surface area contributed by atoms with Crippen molar-refractivity contribution in [1.29, 1.82) is 0 Å². The van der Waals surface area contributed by atoms with Crippen LogP contribution in [0.2, 0.25) is 0 Å². The molecule has 1 aromatic carbocycles. The van der Waals surface area contributed by atoms with Crippen molar-refractivity contribution in [2.24, 2.45) is 4.99 Å². The molecule has 0 saturated heterocycles. The normalized spacial score (nSPS) is 13.7. The molecule has 1 atom stereocenters. The lowest BCUT2D eigenvalue weighted by Gasteiger charge is -2.17. The summed E-state index contributed by atoms with van der Waals surface area (Å²) in [7, 11) is -2.97. The van der Waals surface area contributed by atoms with Gasteiger partial charge in [0.2, 0.25) is 0 Å². The molecule has 130 valence electrons. The standard InChI is InChI=1S/C16H26FN3O2S/c1-5-18-16(20-13(3)8-9-23(4,21)22)19-11-14-6-7-15(17)12(2)10-14/h6-7,10,13H,5,8-9,11H2,1-4H3,(H2,18,19,20). The lowest BCUT2D eigenvalue weighted by atomic mass is 10.1. The third kappa shape index (κ3) is 7.97. The molecule has 0 aromatic heterocycles. The number of hydrogen-bond acceptors (Lipinski definition) is 3.